The van der Waals surface area contributed by atoms with Gasteiger partial charge in [-0.3, -0.25) is 9.69 Å². The summed E-state index contributed by atoms with van der Waals surface area (Å²) in [6.07, 6.45) is 5.18. The highest BCUT2D eigenvalue weighted by Crippen LogP contribution is 2.44. The maximum absolute atomic E-state index is 12.4. The number of rotatable bonds is 4. The third-order valence-electron chi connectivity index (χ3n) is 5.78. The van der Waals surface area contributed by atoms with Crippen molar-refractivity contribution in [1.29, 1.82) is 0 Å². The zero-order chi connectivity index (χ0) is 15.6. The number of ether oxygens (including phenoxy) is 1. The molecule has 3 fully saturated rings. The summed E-state index contributed by atoms with van der Waals surface area (Å²) in [7, 11) is 0. The number of carbonyl (C=O) groups excluding carboxylic acids is 1. The highest BCUT2D eigenvalue weighted by Gasteiger charge is 2.40. The van der Waals surface area contributed by atoms with E-state index in [-0.39, 0.29) is 5.91 Å². The maximum atomic E-state index is 12.4. The molecule has 1 saturated heterocycles. The topological polar surface area (TPSA) is 41.6 Å². The second kappa shape index (κ2) is 6.62. The molecule has 1 aromatic rings. The SMILES string of the molecule is O=C(N[C@H]1C[C@@H]2CC[C@@H]1C2)c1ccc(CN2CCOCC2)cc1. The number of amides is 1. The van der Waals surface area contributed by atoms with Gasteiger partial charge < -0.3 is 10.1 Å². The Hall–Kier alpha value is -1.39. The zero-order valence-electron chi connectivity index (χ0n) is 13.7. The molecule has 4 heteroatoms. The number of benzene rings is 1. The number of hydrogen-bond donors (Lipinski definition) is 1. The average molecular weight is 314 g/mol. The van der Waals surface area contributed by atoms with Crippen molar-refractivity contribution in [2.75, 3.05) is 26.3 Å². The van der Waals surface area contributed by atoms with Gasteiger partial charge in [-0.15, -0.1) is 0 Å². The monoisotopic (exact) mass is 314 g/mol. The zero-order valence-corrected chi connectivity index (χ0v) is 13.7. The summed E-state index contributed by atoms with van der Waals surface area (Å²) in [5.41, 5.74) is 2.06. The first kappa shape index (κ1) is 15.2. The lowest BCUT2D eigenvalue weighted by molar-refractivity contribution is 0.0342. The molecular weight excluding hydrogens is 288 g/mol. The van der Waals surface area contributed by atoms with Crippen LogP contribution in [0.5, 0.6) is 0 Å². The van der Waals surface area contributed by atoms with E-state index < -0.39 is 0 Å². The molecule has 4 rings (SSSR count). The fraction of sp³-hybridized carbons (Fsp3) is 0.632. The second-order valence-corrected chi connectivity index (χ2v) is 7.34. The van der Waals surface area contributed by atoms with Gasteiger partial charge in [0.15, 0.2) is 0 Å². The van der Waals surface area contributed by atoms with Crippen molar-refractivity contribution < 1.29 is 9.53 Å². The average Bonchev–Trinajstić information content (AvgIpc) is 3.19. The molecule has 2 aliphatic carbocycles. The molecule has 0 radical (unpaired) electrons. The van der Waals surface area contributed by atoms with E-state index in [0.717, 1.165) is 50.2 Å². The minimum Gasteiger partial charge on any atom is -0.379 e. The Bertz CT molecular complexity index is 551. The highest BCUT2D eigenvalue weighted by molar-refractivity contribution is 5.94. The largest absolute Gasteiger partial charge is 0.379 e. The van der Waals surface area contributed by atoms with Crippen LogP contribution in [0.15, 0.2) is 24.3 Å². The van der Waals surface area contributed by atoms with Crippen LogP contribution in [0.25, 0.3) is 0 Å². The van der Waals surface area contributed by atoms with E-state index in [0.29, 0.717) is 6.04 Å². The van der Waals surface area contributed by atoms with E-state index in [1.165, 1.54) is 31.2 Å². The predicted octanol–water partition coefficient (Wildman–Crippen LogP) is 2.44. The molecule has 2 bridgehead atoms. The van der Waals surface area contributed by atoms with Gasteiger partial charge >= 0.3 is 0 Å². The Morgan fingerprint density at radius 1 is 1.13 bits per heavy atom. The minimum atomic E-state index is 0.0977. The lowest BCUT2D eigenvalue weighted by atomic mass is 9.95. The molecule has 0 spiro atoms. The van der Waals surface area contributed by atoms with Crippen molar-refractivity contribution in [2.45, 2.75) is 38.3 Å². The van der Waals surface area contributed by atoms with E-state index in [1.54, 1.807) is 0 Å². The standard InChI is InChI=1S/C19H26N2O2/c22-19(20-18-12-15-3-6-17(18)11-15)16-4-1-14(2-5-16)13-21-7-9-23-10-8-21/h1-2,4-5,15,17-18H,3,6-13H2,(H,20,22)/t15-,17-,18+/m1/s1. The third kappa shape index (κ3) is 3.43. The first-order valence-corrected chi connectivity index (χ1v) is 8.98. The van der Waals surface area contributed by atoms with E-state index in [1.807, 2.05) is 12.1 Å². The Balaban J connectivity index is 1.33. The summed E-state index contributed by atoms with van der Waals surface area (Å²) in [5.74, 6) is 1.69. The van der Waals surface area contributed by atoms with Gasteiger partial charge in [-0.25, -0.2) is 0 Å². The molecule has 23 heavy (non-hydrogen) atoms. The summed E-state index contributed by atoms with van der Waals surface area (Å²) in [4.78, 5) is 14.8. The summed E-state index contributed by atoms with van der Waals surface area (Å²) >= 11 is 0. The molecule has 4 nitrogen and oxygen atoms in total. The van der Waals surface area contributed by atoms with Crippen LogP contribution in [0, 0.1) is 11.8 Å². The Labute approximate surface area is 138 Å². The van der Waals surface area contributed by atoms with Crippen LogP contribution in [0.4, 0.5) is 0 Å². The van der Waals surface area contributed by atoms with Gasteiger partial charge in [0.1, 0.15) is 0 Å². The Morgan fingerprint density at radius 3 is 2.57 bits per heavy atom. The van der Waals surface area contributed by atoms with Crippen molar-refractivity contribution in [1.82, 2.24) is 10.2 Å². The van der Waals surface area contributed by atoms with Crippen LogP contribution in [-0.4, -0.2) is 43.2 Å². The van der Waals surface area contributed by atoms with Crippen molar-refractivity contribution >= 4 is 5.91 Å². The summed E-state index contributed by atoms with van der Waals surface area (Å²) in [5, 5.41) is 3.26. The number of hydrogen-bond acceptors (Lipinski definition) is 3. The smallest absolute Gasteiger partial charge is 0.251 e. The molecule has 1 heterocycles. The molecule has 3 atom stereocenters. The number of nitrogens with zero attached hydrogens (tertiary/aromatic N) is 1. The van der Waals surface area contributed by atoms with Crippen LogP contribution in [0.1, 0.15) is 41.6 Å². The van der Waals surface area contributed by atoms with E-state index in [9.17, 15) is 4.79 Å². The van der Waals surface area contributed by atoms with Crippen molar-refractivity contribution in [3.8, 4) is 0 Å². The molecule has 1 aliphatic heterocycles. The van der Waals surface area contributed by atoms with Crippen LogP contribution >= 0.6 is 0 Å². The van der Waals surface area contributed by atoms with E-state index in [4.69, 9.17) is 4.74 Å². The van der Waals surface area contributed by atoms with Crippen LogP contribution in [-0.2, 0) is 11.3 Å². The summed E-state index contributed by atoms with van der Waals surface area (Å²) in [6.45, 7) is 4.57. The molecule has 1 amide bonds. The van der Waals surface area contributed by atoms with Gasteiger partial charge in [0.05, 0.1) is 13.2 Å². The van der Waals surface area contributed by atoms with Crippen LogP contribution < -0.4 is 5.32 Å². The highest BCUT2D eigenvalue weighted by atomic mass is 16.5. The molecular formula is C19H26N2O2. The van der Waals surface area contributed by atoms with Crippen LogP contribution in [0.2, 0.25) is 0 Å². The predicted molar refractivity (Wildman–Crippen MR) is 89.2 cm³/mol. The number of morpholine rings is 1. The molecule has 0 aromatic heterocycles. The normalized spacial score (nSPS) is 30.5. The van der Waals surface area contributed by atoms with E-state index in [2.05, 4.69) is 22.3 Å². The van der Waals surface area contributed by atoms with Gasteiger partial charge in [0.2, 0.25) is 0 Å². The minimum absolute atomic E-state index is 0.0977. The number of fused-ring (bicyclic) bond motifs is 2. The van der Waals surface area contributed by atoms with Gasteiger partial charge in [-0.1, -0.05) is 18.6 Å². The number of nitrogens with one attached hydrogen (secondary N) is 1. The van der Waals surface area contributed by atoms with Gasteiger partial charge in [0.25, 0.3) is 5.91 Å². The van der Waals surface area contributed by atoms with Gasteiger partial charge in [-0.05, 0) is 48.8 Å². The van der Waals surface area contributed by atoms with Crippen LogP contribution in [0.3, 0.4) is 0 Å². The molecule has 0 unspecified atom stereocenters. The van der Waals surface area contributed by atoms with Gasteiger partial charge in [0, 0.05) is 31.2 Å². The molecule has 2 saturated carbocycles. The first-order chi connectivity index (χ1) is 11.3. The Kier molecular flexibility index (Phi) is 4.36. The van der Waals surface area contributed by atoms with Crippen molar-refractivity contribution in [3.63, 3.8) is 0 Å². The maximum Gasteiger partial charge on any atom is 0.251 e. The fourth-order valence-electron chi connectivity index (χ4n) is 4.45. The third-order valence-corrected chi connectivity index (χ3v) is 5.78. The summed E-state index contributed by atoms with van der Waals surface area (Å²) in [6, 6.07) is 8.53. The van der Waals surface area contributed by atoms with E-state index >= 15 is 0 Å². The quantitative estimate of drug-likeness (QED) is 0.928. The molecule has 3 aliphatic rings. The number of carbonyl (C=O) groups is 1. The Morgan fingerprint density at radius 2 is 1.91 bits per heavy atom. The molecule has 1 aromatic carbocycles. The molecule has 124 valence electrons. The first-order valence-electron chi connectivity index (χ1n) is 8.98. The lowest BCUT2D eigenvalue weighted by Crippen LogP contribution is -2.38. The van der Waals surface area contributed by atoms with Gasteiger partial charge in [-0.2, -0.15) is 0 Å². The molecule has 1 N–H and O–H groups in total. The fourth-order valence-corrected chi connectivity index (χ4v) is 4.45. The lowest BCUT2D eigenvalue weighted by Gasteiger charge is -2.26. The second-order valence-electron chi connectivity index (χ2n) is 7.34. The van der Waals surface area contributed by atoms with Crippen molar-refractivity contribution in [2.24, 2.45) is 11.8 Å². The van der Waals surface area contributed by atoms with Crippen molar-refractivity contribution in [3.05, 3.63) is 35.4 Å². The summed E-state index contributed by atoms with van der Waals surface area (Å²) < 4.78 is 5.38.